The van der Waals surface area contributed by atoms with Crippen LogP contribution in [0.2, 0.25) is 0 Å². The lowest BCUT2D eigenvalue weighted by atomic mass is 10.1. The second-order valence-corrected chi connectivity index (χ2v) is 5.46. The molecule has 1 fully saturated rings. The van der Waals surface area contributed by atoms with Crippen molar-refractivity contribution in [2.75, 3.05) is 25.5 Å². The molecule has 1 aliphatic carbocycles. The molecule has 0 saturated heterocycles. The predicted molar refractivity (Wildman–Crippen MR) is 76.9 cm³/mol. The van der Waals surface area contributed by atoms with Crippen LogP contribution in [-0.4, -0.2) is 25.6 Å². The van der Waals surface area contributed by atoms with E-state index in [0.29, 0.717) is 6.04 Å². The highest BCUT2D eigenvalue weighted by atomic mass is 15.2. The van der Waals surface area contributed by atoms with E-state index in [1.165, 1.54) is 31.2 Å². The van der Waals surface area contributed by atoms with Crippen molar-refractivity contribution in [1.29, 1.82) is 0 Å². The lowest BCUT2D eigenvalue weighted by Gasteiger charge is -2.26. The molecule has 3 nitrogen and oxygen atoms in total. The van der Waals surface area contributed by atoms with Crippen LogP contribution in [0.3, 0.4) is 0 Å². The number of aromatic nitrogens is 1. The highest BCUT2D eigenvalue weighted by Crippen LogP contribution is 2.28. The van der Waals surface area contributed by atoms with Crippen molar-refractivity contribution in [3.8, 4) is 0 Å². The molecule has 1 aromatic heterocycles. The fourth-order valence-corrected chi connectivity index (χ4v) is 2.89. The summed E-state index contributed by atoms with van der Waals surface area (Å²) < 4.78 is 0. The van der Waals surface area contributed by atoms with Crippen molar-refractivity contribution in [3.05, 3.63) is 23.9 Å². The number of hydrogen-bond acceptors (Lipinski definition) is 3. The Morgan fingerprint density at radius 2 is 2.17 bits per heavy atom. The number of pyridine rings is 1. The molecule has 3 heteroatoms. The third-order valence-corrected chi connectivity index (χ3v) is 4.08. The second-order valence-electron chi connectivity index (χ2n) is 5.46. The van der Waals surface area contributed by atoms with Gasteiger partial charge in [-0.1, -0.05) is 18.9 Å². The van der Waals surface area contributed by atoms with Crippen molar-refractivity contribution in [3.63, 3.8) is 0 Å². The van der Waals surface area contributed by atoms with E-state index in [4.69, 9.17) is 0 Å². The van der Waals surface area contributed by atoms with Crippen LogP contribution in [0.25, 0.3) is 0 Å². The largest absolute Gasteiger partial charge is 0.359 e. The quantitative estimate of drug-likeness (QED) is 0.867. The summed E-state index contributed by atoms with van der Waals surface area (Å²) in [5.74, 6) is 1.99. The maximum atomic E-state index is 4.58. The molecule has 0 amide bonds. The van der Waals surface area contributed by atoms with E-state index in [0.717, 1.165) is 18.3 Å². The first-order valence-corrected chi connectivity index (χ1v) is 7.05. The minimum absolute atomic E-state index is 0.347. The summed E-state index contributed by atoms with van der Waals surface area (Å²) in [6.07, 6.45) is 7.47. The molecule has 1 saturated carbocycles. The zero-order valence-corrected chi connectivity index (χ0v) is 11.8. The predicted octanol–water partition coefficient (Wildman–Crippen LogP) is 2.99. The van der Waals surface area contributed by atoms with Gasteiger partial charge in [0.05, 0.1) is 0 Å². The maximum Gasteiger partial charge on any atom is 0.133 e. The third kappa shape index (κ3) is 3.02. The van der Waals surface area contributed by atoms with E-state index in [-0.39, 0.29) is 0 Å². The van der Waals surface area contributed by atoms with Crippen molar-refractivity contribution in [2.24, 2.45) is 5.92 Å². The molecule has 100 valence electrons. The van der Waals surface area contributed by atoms with Gasteiger partial charge in [0.1, 0.15) is 5.82 Å². The molecule has 1 N–H and O–H groups in total. The Morgan fingerprint density at radius 3 is 2.83 bits per heavy atom. The molecule has 0 radical (unpaired) electrons. The average Bonchev–Trinajstić information content (AvgIpc) is 2.90. The van der Waals surface area contributed by atoms with Gasteiger partial charge in [-0.3, -0.25) is 0 Å². The van der Waals surface area contributed by atoms with Crippen molar-refractivity contribution in [1.82, 2.24) is 10.3 Å². The van der Waals surface area contributed by atoms with Gasteiger partial charge in [-0.2, -0.15) is 0 Å². The van der Waals surface area contributed by atoms with Crippen molar-refractivity contribution >= 4 is 5.82 Å². The van der Waals surface area contributed by atoms with E-state index in [2.05, 4.69) is 35.2 Å². The smallest absolute Gasteiger partial charge is 0.133 e. The van der Waals surface area contributed by atoms with E-state index in [1.54, 1.807) is 0 Å². The molecular formula is C15H25N3. The number of nitrogens with one attached hydrogen (secondary N) is 1. The zero-order chi connectivity index (χ0) is 13.0. The van der Waals surface area contributed by atoms with Crippen LogP contribution >= 0.6 is 0 Å². The van der Waals surface area contributed by atoms with E-state index in [1.807, 2.05) is 19.3 Å². The average molecular weight is 247 g/mol. The normalized spacial score (nSPS) is 17.9. The van der Waals surface area contributed by atoms with Crippen LogP contribution in [0.1, 0.15) is 44.2 Å². The number of anilines is 1. The van der Waals surface area contributed by atoms with Gasteiger partial charge in [0, 0.05) is 31.4 Å². The highest BCUT2D eigenvalue weighted by Gasteiger charge is 2.19. The first-order chi connectivity index (χ1) is 8.72. The van der Waals surface area contributed by atoms with Crippen LogP contribution in [0.15, 0.2) is 18.3 Å². The first kappa shape index (κ1) is 13.3. The highest BCUT2D eigenvalue weighted by molar-refractivity contribution is 5.47. The Hall–Kier alpha value is -1.09. The van der Waals surface area contributed by atoms with E-state index < -0.39 is 0 Å². The van der Waals surface area contributed by atoms with Crippen molar-refractivity contribution in [2.45, 2.75) is 38.6 Å². The Kier molecular flexibility index (Phi) is 4.59. The Labute approximate surface area is 111 Å². The fourth-order valence-electron chi connectivity index (χ4n) is 2.89. The molecular weight excluding hydrogens is 222 g/mol. The monoisotopic (exact) mass is 247 g/mol. The molecule has 0 spiro atoms. The van der Waals surface area contributed by atoms with Crippen LogP contribution in [-0.2, 0) is 0 Å². The Balaban J connectivity index is 2.10. The molecule has 0 aliphatic heterocycles. The van der Waals surface area contributed by atoms with Crippen LogP contribution in [0, 0.1) is 5.92 Å². The summed E-state index contributed by atoms with van der Waals surface area (Å²) in [5.41, 5.74) is 1.29. The zero-order valence-electron chi connectivity index (χ0n) is 11.8. The molecule has 1 unspecified atom stereocenters. The molecule has 1 aliphatic rings. The van der Waals surface area contributed by atoms with Gasteiger partial charge < -0.3 is 10.2 Å². The lowest BCUT2D eigenvalue weighted by Crippen LogP contribution is -2.27. The van der Waals surface area contributed by atoms with Gasteiger partial charge in [-0.15, -0.1) is 0 Å². The van der Waals surface area contributed by atoms with Gasteiger partial charge in [-0.05, 0) is 38.8 Å². The van der Waals surface area contributed by atoms with Crippen LogP contribution < -0.4 is 10.2 Å². The molecule has 1 atom stereocenters. The van der Waals surface area contributed by atoms with Gasteiger partial charge in [0.25, 0.3) is 0 Å². The molecule has 1 aromatic rings. The summed E-state index contributed by atoms with van der Waals surface area (Å²) in [6, 6.07) is 4.55. The van der Waals surface area contributed by atoms with Crippen LogP contribution in [0.4, 0.5) is 5.82 Å². The van der Waals surface area contributed by atoms with Crippen molar-refractivity contribution < 1.29 is 0 Å². The minimum Gasteiger partial charge on any atom is -0.359 e. The van der Waals surface area contributed by atoms with Gasteiger partial charge in [0.15, 0.2) is 0 Å². The number of hydrogen-bond donors (Lipinski definition) is 1. The second kappa shape index (κ2) is 6.19. The Bertz CT molecular complexity index is 372. The van der Waals surface area contributed by atoms with E-state index in [9.17, 15) is 0 Å². The standard InChI is InChI=1S/C15H25N3/c1-12(16-2)14-9-6-10-17-15(14)18(3)11-13-7-4-5-8-13/h6,9-10,12-13,16H,4-5,7-8,11H2,1-3H3. The summed E-state index contributed by atoms with van der Waals surface area (Å²) in [4.78, 5) is 6.91. The van der Waals surface area contributed by atoms with Gasteiger partial charge in [-0.25, -0.2) is 4.98 Å². The lowest BCUT2D eigenvalue weighted by molar-refractivity contribution is 0.542. The fraction of sp³-hybridized carbons (Fsp3) is 0.667. The summed E-state index contributed by atoms with van der Waals surface area (Å²) in [6.45, 7) is 3.32. The Morgan fingerprint density at radius 1 is 1.44 bits per heavy atom. The summed E-state index contributed by atoms with van der Waals surface area (Å²) >= 11 is 0. The van der Waals surface area contributed by atoms with Crippen LogP contribution in [0.5, 0.6) is 0 Å². The van der Waals surface area contributed by atoms with E-state index >= 15 is 0 Å². The SMILES string of the molecule is CNC(C)c1cccnc1N(C)CC1CCCC1. The third-order valence-electron chi connectivity index (χ3n) is 4.08. The van der Waals surface area contributed by atoms with Gasteiger partial charge in [0.2, 0.25) is 0 Å². The first-order valence-electron chi connectivity index (χ1n) is 7.05. The number of rotatable bonds is 5. The van der Waals surface area contributed by atoms with Gasteiger partial charge >= 0.3 is 0 Å². The summed E-state index contributed by atoms with van der Waals surface area (Å²) in [5, 5.41) is 3.30. The molecule has 2 rings (SSSR count). The number of nitrogens with zero attached hydrogens (tertiary/aromatic N) is 2. The molecule has 18 heavy (non-hydrogen) atoms. The maximum absolute atomic E-state index is 4.58. The molecule has 0 aromatic carbocycles. The minimum atomic E-state index is 0.347. The summed E-state index contributed by atoms with van der Waals surface area (Å²) in [7, 11) is 4.17. The topological polar surface area (TPSA) is 28.2 Å². The molecule has 1 heterocycles. The molecule has 0 bridgehead atoms.